The number of pyridine rings is 1. The van der Waals surface area contributed by atoms with Gasteiger partial charge < -0.3 is 19.1 Å². The number of carboxylic acid groups (broad SMARTS) is 1. The third-order valence-corrected chi connectivity index (χ3v) is 3.56. The first-order chi connectivity index (χ1) is 10.6. The predicted molar refractivity (Wildman–Crippen MR) is 79.4 cm³/mol. The van der Waals surface area contributed by atoms with Crippen molar-refractivity contribution in [2.45, 2.75) is 6.42 Å². The lowest BCUT2D eigenvalue weighted by Crippen LogP contribution is -2.24. The van der Waals surface area contributed by atoms with Crippen molar-refractivity contribution >= 4 is 5.97 Å². The number of hydrogen-bond donors (Lipinski definition) is 1. The van der Waals surface area contributed by atoms with Crippen LogP contribution >= 0.6 is 0 Å². The molecule has 0 aliphatic carbocycles. The van der Waals surface area contributed by atoms with Crippen molar-refractivity contribution < 1.29 is 19.4 Å². The van der Waals surface area contributed by atoms with E-state index in [1.54, 1.807) is 25.2 Å². The van der Waals surface area contributed by atoms with Gasteiger partial charge in [-0.1, -0.05) is 6.07 Å². The number of rotatable bonds is 3. The Labute approximate surface area is 126 Å². The lowest BCUT2D eigenvalue weighted by molar-refractivity contribution is -0.136. The van der Waals surface area contributed by atoms with E-state index in [9.17, 15) is 9.59 Å². The van der Waals surface area contributed by atoms with Crippen LogP contribution in [0.1, 0.15) is 5.56 Å². The van der Waals surface area contributed by atoms with Crippen LogP contribution in [0.5, 0.6) is 11.5 Å². The fourth-order valence-electron chi connectivity index (χ4n) is 2.48. The van der Waals surface area contributed by atoms with E-state index in [1.165, 1.54) is 4.57 Å². The van der Waals surface area contributed by atoms with Crippen molar-refractivity contribution in [3.63, 3.8) is 0 Å². The van der Waals surface area contributed by atoms with Crippen molar-refractivity contribution in [1.82, 2.24) is 4.57 Å². The Kier molecular flexibility index (Phi) is 3.58. The Morgan fingerprint density at radius 2 is 1.91 bits per heavy atom. The quantitative estimate of drug-likeness (QED) is 0.928. The first kappa shape index (κ1) is 14.2. The van der Waals surface area contributed by atoms with Crippen LogP contribution in [0.2, 0.25) is 0 Å². The molecule has 6 heteroatoms. The molecule has 1 aliphatic heterocycles. The maximum Gasteiger partial charge on any atom is 0.308 e. The lowest BCUT2D eigenvalue weighted by atomic mass is 10.1. The van der Waals surface area contributed by atoms with Gasteiger partial charge in [-0.05, 0) is 24.3 Å². The standard InChI is InChI=1S/C16H15NO5/c1-17-12(4-2-11(16(17)20)9-15(18)19)10-3-5-13-14(8-10)22-7-6-21-13/h2-5,8H,6-7,9H2,1H3,(H,18,19). The monoisotopic (exact) mass is 301 g/mol. The molecule has 0 fully saturated rings. The summed E-state index contributed by atoms with van der Waals surface area (Å²) in [5.41, 5.74) is 1.45. The minimum absolute atomic E-state index is 0.260. The second-order valence-corrected chi connectivity index (χ2v) is 5.04. The molecule has 3 rings (SSSR count). The number of carboxylic acids is 1. The van der Waals surface area contributed by atoms with Gasteiger partial charge in [-0.15, -0.1) is 0 Å². The van der Waals surface area contributed by atoms with E-state index in [0.717, 1.165) is 5.56 Å². The van der Waals surface area contributed by atoms with Gasteiger partial charge in [-0.25, -0.2) is 0 Å². The molecule has 0 unspecified atom stereocenters. The first-order valence-electron chi connectivity index (χ1n) is 6.87. The highest BCUT2D eigenvalue weighted by molar-refractivity contribution is 5.71. The summed E-state index contributed by atoms with van der Waals surface area (Å²) in [6, 6.07) is 8.77. The number of aromatic nitrogens is 1. The van der Waals surface area contributed by atoms with E-state index in [1.807, 2.05) is 12.1 Å². The highest BCUT2D eigenvalue weighted by Crippen LogP contribution is 2.34. The molecule has 6 nitrogen and oxygen atoms in total. The second kappa shape index (κ2) is 5.55. The maximum absolute atomic E-state index is 12.2. The molecule has 1 aromatic heterocycles. The minimum atomic E-state index is -1.02. The molecule has 1 aliphatic rings. The summed E-state index contributed by atoms with van der Waals surface area (Å²) < 4.78 is 12.5. The zero-order valence-electron chi connectivity index (χ0n) is 12.0. The van der Waals surface area contributed by atoms with Gasteiger partial charge in [0.1, 0.15) is 13.2 Å². The molecule has 0 spiro atoms. The van der Waals surface area contributed by atoms with Gasteiger partial charge in [0.05, 0.1) is 12.1 Å². The largest absolute Gasteiger partial charge is 0.486 e. The van der Waals surface area contributed by atoms with Crippen molar-refractivity contribution in [3.8, 4) is 22.8 Å². The van der Waals surface area contributed by atoms with E-state index in [2.05, 4.69) is 0 Å². The van der Waals surface area contributed by atoms with Crippen molar-refractivity contribution in [3.05, 3.63) is 46.2 Å². The van der Waals surface area contributed by atoms with Gasteiger partial charge >= 0.3 is 5.97 Å². The summed E-state index contributed by atoms with van der Waals surface area (Å²) in [7, 11) is 1.62. The molecule has 0 amide bonds. The van der Waals surface area contributed by atoms with Crippen LogP contribution in [-0.4, -0.2) is 28.9 Å². The third-order valence-electron chi connectivity index (χ3n) is 3.56. The Morgan fingerprint density at radius 1 is 1.18 bits per heavy atom. The van der Waals surface area contributed by atoms with Crippen molar-refractivity contribution in [2.24, 2.45) is 7.05 Å². The number of hydrogen-bond acceptors (Lipinski definition) is 4. The summed E-state index contributed by atoms with van der Waals surface area (Å²) in [4.78, 5) is 23.0. The Morgan fingerprint density at radius 3 is 2.64 bits per heavy atom. The van der Waals surface area contributed by atoms with Gasteiger partial charge in [0.2, 0.25) is 0 Å². The van der Waals surface area contributed by atoms with E-state index in [0.29, 0.717) is 30.4 Å². The van der Waals surface area contributed by atoms with E-state index in [-0.39, 0.29) is 17.5 Å². The van der Waals surface area contributed by atoms with Gasteiger partial charge in [-0.3, -0.25) is 9.59 Å². The average Bonchev–Trinajstić information content (AvgIpc) is 2.51. The molecular weight excluding hydrogens is 286 g/mol. The third kappa shape index (κ3) is 2.55. The zero-order valence-corrected chi connectivity index (χ0v) is 12.0. The molecule has 0 bridgehead atoms. The summed E-state index contributed by atoms with van der Waals surface area (Å²) in [5, 5.41) is 8.82. The Bertz CT molecular complexity index is 794. The smallest absolute Gasteiger partial charge is 0.308 e. The van der Waals surface area contributed by atoms with Crippen molar-refractivity contribution in [1.29, 1.82) is 0 Å². The number of fused-ring (bicyclic) bond motifs is 1. The van der Waals surface area contributed by atoms with Crippen LogP contribution in [0.4, 0.5) is 0 Å². The fourth-order valence-corrected chi connectivity index (χ4v) is 2.48. The number of nitrogens with zero attached hydrogens (tertiary/aromatic N) is 1. The Hall–Kier alpha value is -2.76. The topological polar surface area (TPSA) is 77.8 Å². The molecule has 22 heavy (non-hydrogen) atoms. The van der Waals surface area contributed by atoms with Crippen molar-refractivity contribution in [2.75, 3.05) is 13.2 Å². The highest BCUT2D eigenvalue weighted by atomic mass is 16.6. The van der Waals surface area contributed by atoms with Crippen LogP contribution in [0.25, 0.3) is 11.3 Å². The van der Waals surface area contributed by atoms with Crippen LogP contribution < -0.4 is 15.0 Å². The van der Waals surface area contributed by atoms with Gasteiger partial charge in [-0.2, -0.15) is 0 Å². The van der Waals surface area contributed by atoms with Crippen LogP contribution in [-0.2, 0) is 18.3 Å². The predicted octanol–water partition coefficient (Wildman–Crippen LogP) is 1.45. The Balaban J connectivity index is 2.03. The molecule has 0 saturated carbocycles. The van der Waals surface area contributed by atoms with E-state index in [4.69, 9.17) is 14.6 Å². The fraction of sp³-hybridized carbons (Fsp3) is 0.250. The highest BCUT2D eigenvalue weighted by Gasteiger charge is 2.15. The van der Waals surface area contributed by atoms with Crippen LogP contribution in [0, 0.1) is 0 Å². The molecule has 114 valence electrons. The molecule has 1 aromatic carbocycles. The van der Waals surface area contributed by atoms with Crippen LogP contribution in [0.3, 0.4) is 0 Å². The molecule has 0 atom stereocenters. The number of ether oxygens (including phenoxy) is 2. The van der Waals surface area contributed by atoms with Gasteiger partial charge in [0.25, 0.3) is 5.56 Å². The summed E-state index contributed by atoms with van der Waals surface area (Å²) in [6.07, 6.45) is -0.284. The summed E-state index contributed by atoms with van der Waals surface area (Å²) in [6.45, 7) is 1.02. The normalized spacial score (nSPS) is 13.0. The minimum Gasteiger partial charge on any atom is -0.486 e. The van der Waals surface area contributed by atoms with E-state index >= 15 is 0 Å². The summed E-state index contributed by atoms with van der Waals surface area (Å²) in [5.74, 6) is 0.303. The number of carbonyl (C=O) groups is 1. The molecule has 0 radical (unpaired) electrons. The summed E-state index contributed by atoms with van der Waals surface area (Å²) >= 11 is 0. The molecular formula is C16H15NO5. The zero-order chi connectivity index (χ0) is 15.7. The first-order valence-corrected chi connectivity index (χ1v) is 6.87. The average molecular weight is 301 g/mol. The molecule has 2 aromatic rings. The SMILES string of the molecule is Cn1c(-c2ccc3c(c2)OCCO3)ccc(CC(=O)O)c1=O. The maximum atomic E-state index is 12.2. The van der Waals surface area contributed by atoms with Crippen LogP contribution in [0.15, 0.2) is 35.1 Å². The van der Waals surface area contributed by atoms with Gasteiger partial charge in [0.15, 0.2) is 11.5 Å². The molecule has 1 N–H and O–H groups in total. The van der Waals surface area contributed by atoms with Gasteiger partial charge in [0, 0.05) is 18.2 Å². The number of benzene rings is 1. The lowest BCUT2D eigenvalue weighted by Gasteiger charge is -2.19. The molecule has 0 saturated heterocycles. The van der Waals surface area contributed by atoms with E-state index < -0.39 is 5.97 Å². The second-order valence-electron chi connectivity index (χ2n) is 5.04. The molecule has 2 heterocycles. The number of aliphatic carboxylic acids is 1.